The fourth-order valence-electron chi connectivity index (χ4n) is 4.27. The Morgan fingerprint density at radius 2 is 1.87 bits per heavy atom. The lowest BCUT2D eigenvalue weighted by Crippen LogP contribution is -2.53. The van der Waals surface area contributed by atoms with Gasteiger partial charge in [0.05, 0.1) is 34.0 Å². The lowest BCUT2D eigenvalue weighted by Gasteiger charge is -2.33. The average Bonchev–Trinajstić information content (AvgIpc) is 2.88. The highest BCUT2D eigenvalue weighted by Gasteiger charge is 2.31. The first-order valence-corrected chi connectivity index (χ1v) is 13.0. The first-order valence-electron chi connectivity index (χ1n) is 13.0. The van der Waals surface area contributed by atoms with Gasteiger partial charge in [0.1, 0.15) is 19.1 Å². The van der Waals surface area contributed by atoms with Crippen LogP contribution < -0.4 is 5.43 Å². The Balaban J connectivity index is 2.02. The highest BCUT2D eigenvalue weighted by Crippen LogP contribution is 2.29. The van der Waals surface area contributed by atoms with Crippen molar-refractivity contribution in [1.29, 1.82) is 0 Å². The van der Waals surface area contributed by atoms with Gasteiger partial charge in [0.2, 0.25) is 0 Å². The zero-order valence-corrected chi connectivity index (χ0v) is 23.0. The van der Waals surface area contributed by atoms with Crippen molar-refractivity contribution >= 4 is 29.7 Å². The fourth-order valence-corrected chi connectivity index (χ4v) is 4.27. The molecule has 0 aliphatic heterocycles. The van der Waals surface area contributed by atoms with Crippen LogP contribution in [-0.4, -0.2) is 46.3 Å². The van der Waals surface area contributed by atoms with Crippen molar-refractivity contribution in [3.05, 3.63) is 71.7 Å². The van der Waals surface area contributed by atoms with Crippen molar-refractivity contribution in [3.63, 3.8) is 0 Å². The number of hydrogen-bond acceptors (Lipinski definition) is 5. The van der Waals surface area contributed by atoms with E-state index in [-0.39, 0.29) is 23.7 Å². The zero-order chi connectivity index (χ0) is 28.0. The SMILES string of the molecule is C=CCOC(=O)NN(C(=O)c1cccc(-c2nc3c(C)cccc3nc2C)c1F)C(C)C(C)CCB(C)C. The summed E-state index contributed by atoms with van der Waals surface area (Å²) in [6.45, 7) is 15.8. The molecule has 0 saturated carbocycles. The van der Waals surface area contributed by atoms with Gasteiger partial charge in [-0.05, 0) is 50.5 Å². The summed E-state index contributed by atoms with van der Waals surface area (Å²) in [7, 11) is 0. The molecule has 0 aliphatic rings. The number of aryl methyl sites for hydroxylation is 2. The molecule has 38 heavy (non-hydrogen) atoms. The fraction of sp³-hybridized carbons (Fsp3) is 0.379. The Kier molecular flexibility index (Phi) is 9.61. The standard InChI is InChI=1S/C29H36BFN4O3/c1-8-17-38-29(37)34-35(21(5)18(2)15-16-30(6)7)28(36)23-13-10-12-22(25(23)31)27-20(4)32-24-14-9-11-19(3)26(24)33-27/h8-14,18,21H,1,15-17H2,2-7H3,(H,34,37). The Hall–Kier alpha value is -3.75. The molecule has 200 valence electrons. The molecule has 2 aromatic carbocycles. The topological polar surface area (TPSA) is 84.4 Å². The van der Waals surface area contributed by atoms with Crippen molar-refractivity contribution in [2.24, 2.45) is 5.92 Å². The summed E-state index contributed by atoms with van der Waals surface area (Å²) in [5.74, 6) is -1.37. The van der Waals surface area contributed by atoms with Crippen LogP contribution in [0.1, 0.15) is 41.9 Å². The summed E-state index contributed by atoms with van der Waals surface area (Å²) >= 11 is 0. The van der Waals surface area contributed by atoms with Crippen LogP contribution in [0.25, 0.3) is 22.3 Å². The van der Waals surface area contributed by atoms with Crippen molar-refractivity contribution in [2.45, 2.75) is 60.1 Å². The van der Waals surface area contributed by atoms with Crippen LogP contribution >= 0.6 is 0 Å². The van der Waals surface area contributed by atoms with Crippen LogP contribution in [0.3, 0.4) is 0 Å². The summed E-state index contributed by atoms with van der Waals surface area (Å²) < 4.78 is 21.1. The van der Waals surface area contributed by atoms with Crippen molar-refractivity contribution in [1.82, 2.24) is 20.4 Å². The number of carbonyl (C=O) groups excluding carboxylic acids is 2. The van der Waals surface area contributed by atoms with Gasteiger partial charge in [-0.25, -0.2) is 29.6 Å². The molecule has 0 fully saturated rings. The van der Waals surface area contributed by atoms with Gasteiger partial charge >= 0.3 is 6.09 Å². The van der Waals surface area contributed by atoms with E-state index in [4.69, 9.17) is 9.72 Å². The number of fused-ring (bicyclic) bond motifs is 1. The molecule has 2 atom stereocenters. The number of amides is 2. The first-order chi connectivity index (χ1) is 18.0. The molecule has 1 N–H and O–H groups in total. The van der Waals surface area contributed by atoms with Gasteiger partial charge in [-0.3, -0.25) is 4.79 Å². The number of benzene rings is 2. The number of hydrogen-bond donors (Lipinski definition) is 1. The van der Waals surface area contributed by atoms with Crippen LogP contribution in [0.5, 0.6) is 0 Å². The molecular weight excluding hydrogens is 482 g/mol. The second-order valence-corrected chi connectivity index (χ2v) is 10.1. The summed E-state index contributed by atoms with van der Waals surface area (Å²) in [5.41, 5.74) is 5.73. The highest BCUT2D eigenvalue weighted by atomic mass is 19.1. The Morgan fingerprint density at radius 3 is 2.55 bits per heavy atom. The predicted molar refractivity (Wildman–Crippen MR) is 151 cm³/mol. The molecule has 0 spiro atoms. The molecule has 9 heteroatoms. The summed E-state index contributed by atoms with van der Waals surface area (Å²) in [6.07, 6.45) is 2.40. The van der Waals surface area contributed by atoms with Crippen molar-refractivity contribution in [2.75, 3.05) is 6.61 Å². The number of rotatable bonds is 9. The monoisotopic (exact) mass is 518 g/mol. The lowest BCUT2D eigenvalue weighted by molar-refractivity contribution is 0.0440. The minimum absolute atomic E-state index is 0.0195. The number of hydrazine groups is 1. The van der Waals surface area contributed by atoms with Gasteiger partial charge in [0.25, 0.3) is 5.91 Å². The summed E-state index contributed by atoms with van der Waals surface area (Å²) in [6, 6.07) is 9.85. The van der Waals surface area contributed by atoms with E-state index in [0.717, 1.165) is 23.8 Å². The number of aromatic nitrogens is 2. The Morgan fingerprint density at radius 1 is 1.16 bits per heavy atom. The van der Waals surface area contributed by atoms with E-state index >= 15 is 4.39 Å². The van der Waals surface area contributed by atoms with Gasteiger partial charge in [0.15, 0.2) is 0 Å². The molecule has 0 aliphatic carbocycles. The van der Waals surface area contributed by atoms with E-state index < -0.39 is 23.9 Å². The first kappa shape index (κ1) is 28.8. The molecule has 3 rings (SSSR count). The zero-order valence-electron chi connectivity index (χ0n) is 23.0. The second-order valence-electron chi connectivity index (χ2n) is 10.1. The highest BCUT2D eigenvalue weighted by molar-refractivity contribution is 6.55. The van der Waals surface area contributed by atoms with E-state index in [1.807, 2.05) is 39.0 Å². The van der Waals surface area contributed by atoms with Crippen LogP contribution in [0, 0.1) is 25.6 Å². The molecule has 1 heterocycles. The van der Waals surface area contributed by atoms with E-state index in [1.54, 1.807) is 19.1 Å². The van der Waals surface area contributed by atoms with E-state index in [1.165, 1.54) is 17.2 Å². The third-order valence-electron chi connectivity index (χ3n) is 6.75. The summed E-state index contributed by atoms with van der Waals surface area (Å²) in [5, 5.41) is 1.17. The molecule has 2 amide bonds. The molecule has 0 bridgehead atoms. The second kappa shape index (κ2) is 12.7. The van der Waals surface area contributed by atoms with Gasteiger partial charge in [-0.15, -0.1) is 0 Å². The van der Waals surface area contributed by atoms with Crippen LogP contribution in [0.2, 0.25) is 20.0 Å². The molecule has 0 saturated heterocycles. The van der Waals surface area contributed by atoms with Crippen LogP contribution in [0.4, 0.5) is 9.18 Å². The van der Waals surface area contributed by atoms with Crippen LogP contribution in [-0.2, 0) is 4.74 Å². The third kappa shape index (κ3) is 6.57. The minimum Gasteiger partial charge on any atom is -0.444 e. The van der Waals surface area contributed by atoms with Gasteiger partial charge in [-0.2, -0.15) is 0 Å². The van der Waals surface area contributed by atoms with Crippen molar-refractivity contribution < 1.29 is 18.7 Å². The number of nitrogens with one attached hydrogen (secondary N) is 1. The predicted octanol–water partition coefficient (Wildman–Crippen LogP) is 6.49. The Labute approximate surface area is 224 Å². The van der Waals surface area contributed by atoms with Crippen LogP contribution in [0.15, 0.2) is 49.1 Å². The number of para-hydroxylation sites is 1. The molecule has 7 nitrogen and oxygen atoms in total. The number of halogens is 1. The number of carbonyl (C=O) groups is 2. The minimum atomic E-state index is -0.815. The number of ether oxygens (including phenoxy) is 1. The maximum atomic E-state index is 16.0. The van der Waals surface area contributed by atoms with Gasteiger partial charge in [-0.1, -0.05) is 64.2 Å². The molecular formula is C29H36BFN4O3. The van der Waals surface area contributed by atoms with Gasteiger partial charge in [0, 0.05) is 5.56 Å². The lowest BCUT2D eigenvalue weighted by atomic mass is 9.51. The van der Waals surface area contributed by atoms with E-state index in [2.05, 4.69) is 30.6 Å². The molecule has 3 aromatic rings. The molecule has 0 radical (unpaired) electrons. The maximum Gasteiger partial charge on any atom is 0.426 e. The van der Waals surface area contributed by atoms with E-state index in [0.29, 0.717) is 23.6 Å². The summed E-state index contributed by atoms with van der Waals surface area (Å²) in [4.78, 5) is 35.5. The molecule has 2 unspecified atom stereocenters. The Bertz CT molecular complexity index is 1330. The third-order valence-corrected chi connectivity index (χ3v) is 6.75. The normalized spacial score (nSPS) is 12.5. The molecule has 1 aromatic heterocycles. The van der Waals surface area contributed by atoms with Crippen molar-refractivity contribution in [3.8, 4) is 11.3 Å². The maximum absolute atomic E-state index is 16.0. The van der Waals surface area contributed by atoms with E-state index in [9.17, 15) is 9.59 Å². The largest absolute Gasteiger partial charge is 0.444 e. The number of nitrogens with zero attached hydrogens (tertiary/aromatic N) is 3. The average molecular weight is 518 g/mol. The van der Waals surface area contributed by atoms with Gasteiger partial charge < -0.3 is 4.74 Å². The smallest absolute Gasteiger partial charge is 0.426 e. The quantitative estimate of drug-likeness (QED) is 0.199.